The number of sulfonamides is 1. The molecule has 0 saturated carbocycles. The molecule has 1 aromatic carbocycles. The van der Waals surface area contributed by atoms with Gasteiger partial charge in [-0.2, -0.15) is 0 Å². The van der Waals surface area contributed by atoms with E-state index in [2.05, 4.69) is 4.72 Å². The number of rotatable bonds is 7. The fourth-order valence-electron chi connectivity index (χ4n) is 3.22. The van der Waals surface area contributed by atoms with Crippen molar-refractivity contribution < 1.29 is 18.0 Å². The molecular formula is C20H24N2O4S2. The first-order chi connectivity index (χ1) is 13.3. The molecule has 1 N–H and O–H groups in total. The molecule has 0 radical (unpaired) electrons. The molecule has 6 nitrogen and oxygen atoms in total. The van der Waals surface area contributed by atoms with E-state index in [0.717, 1.165) is 4.88 Å². The van der Waals surface area contributed by atoms with E-state index in [1.54, 1.807) is 41.3 Å². The highest BCUT2D eigenvalue weighted by Crippen LogP contribution is 2.19. The lowest BCUT2D eigenvalue weighted by molar-refractivity contribution is -0.132. The Bertz CT molecular complexity index is 930. The van der Waals surface area contributed by atoms with Gasteiger partial charge < -0.3 is 4.90 Å². The SMILES string of the molecule is Cc1ccc(C(=O)CCC(=O)N2CCC(NS(=O)(=O)c3ccccc3)CC2)s1. The minimum atomic E-state index is -3.54. The fraction of sp³-hybridized carbons (Fsp3) is 0.400. The summed E-state index contributed by atoms with van der Waals surface area (Å²) in [4.78, 5) is 28.3. The molecule has 1 amide bonds. The predicted octanol–water partition coefficient (Wildman–Crippen LogP) is 2.99. The fourth-order valence-corrected chi connectivity index (χ4v) is 5.38. The summed E-state index contributed by atoms with van der Waals surface area (Å²) < 4.78 is 27.5. The van der Waals surface area contributed by atoms with E-state index >= 15 is 0 Å². The number of nitrogens with zero attached hydrogens (tertiary/aromatic N) is 1. The van der Waals surface area contributed by atoms with Crippen LogP contribution < -0.4 is 4.72 Å². The van der Waals surface area contributed by atoms with Crippen molar-refractivity contribution in [1.82, 2.24) is 9.62 Å². The third-order valence-electron chi connectivity index (χ3n) is 4.80. The zero-order chi connectivity index (χ0) is 20.1. The summed E-state index contributed by atoms with van der Waals surface area (Å²) in [6.07, 6.45) is 1.53. The Hall–Kier alpha value is -2.03. The lowest BCUT2D eigenvalue weighted by atomic mass is 10.1. The molecule has 0 aliphatic carbocycles. The normalized spacial score (nSPS) is 15.5. The van der Waals surface area contributed by atoms with Crippen LogP contribution in [0.5, 0.6) is 0 Å². The van der Waals surface area contributed by atoms with Gasteiger partial charge in [0.05, 0.1) is 9.77 Å². The number of benzene rings is 1. The van der Waals surface area contributed by atoms with Gasteiger partial charge in [0.25, 0.3) is 0 Å². The van der Waals surface area contributed by atoms with Crippen LogP contribution in [0.1, 0.15) is 40.2 Å². The number of Topliss-reactive ketones (excluding diaryl/α,β-unsaturated/α-hetero) is 1. The molecule has 28 heavy (non-hydrogen) atoms. The van der Waals surface area contributed by atoms with Crippen LogP contribution >= 0.6 is 11.3 Å². The van der Waals surface area contributed by atoms with E-state index in [1.165, 1.54) is 11.3 Å². The second-order valence-electron chi connectivity index (χ2n) is 6.92. The number of piperidine rings is 1. The van der Waals surface area contributed by atoms with Crippen LogP contribution in [0.4, 0.5) is 0 Å². The highest BCUT2D eigenvalue weighted by Gasteiger charge is 2.26. The van der Waals surface area contributed by atoms with Gasteiger partial charge in [-0.15, -0.1) is 11.3 Å². The van der Waals surface area contributed by atoms with Crippen LogP contribution in [0.2, 0.25) is 0 Å². The summed E-state index contributed by atoms with van der Waals surface area (Å²) in [5, 5.41) is 0. The Morgan fingerprint density at radius 3 is 2.36 bits per heavy atom. The van der Waals surface area contributed by atoms with Crippen molar-refractivity contribution in [3.63, 3.8) is 0 Å². The molecule has 2 aromatic rings. The Balaban J connectivity index is 1.46. The molecule has 2 heterocycles. The summed E-state index contributed by atoms with van der Waals surface area (Å²) in [7, 11) is -3.54. The van der Waals surface area contributed by atoms with Gasteiger partial charge in [0.15, 0.2) is 5.78 Å². The number of nitrogens with one attached hydrogen (secondary N) is 1. The number of carbonyl (C=O) groups is 2. The first kappa shape index (κ1) is 20.7. The Morgan fingerprint density at radius 1 is 1.07 bits per heavy atom. The molecule has 1 aliphatic heterocycles. The third-order valence-corrected chi connectivity index (χ3v) is 7.38. The molecule has 8 heteroatoms. The largest absolute Gasteiger partial charge is 0.343 e. The van der Waals surface area contributed by atoms with Crippen molar-refractivity contribution in [1.29, 1.82) is 0 Å². The maximum Gasteiger partial charge on any atom is 0.240 e. The highest BCUT2D eigenvalue weighted by molar-refractivity contribution is 7.89. The lowest BCUT2D eigenvalue weighted by Crippen LogP contribution is -2.46. The van der Waals surface area contributed by atoms with Gasteiger partial charge in [-0.05, 0) is 44.0 Å². The van der Waals surface area contributed by atoms with Crippen molar-refractivity contribution in [2.24, 2.45) is 0 Å². The maximum absolute atomic E-state index is 12.4. The van der Waals surface area contributed by atoms with Gasteiger partial charge in [0.1, 0.15) is 0 Å². The van der Waals surface area contributed by atoms with Crippen molar-refractivity contribution in [3.05, 3.63) is 52.2 Å². The average molecular weight is 421 g/mol. The number of ketones is 1. The van der Waals surface area contributed by atoms with Crippen molar-refractivity contribution in [2.75, 3.05) is 13.1 Å². The topological polar surface area (TPSA) is 83.6 Å². The van der Waals surface area contributed by atoms with Crippen LogP contribution in [-0.2, 0) is 14.8 Å². The number of carbonyl (C=O) groups excluding carboxylic acids is 2. The second kappa shape index (κ2) is 8.98. The van der Waals surface area contributed by atoms with Crippen LogP contribution in [0.3, 0.4) is 0 Å². The second-order valence-corrected chi connectivity index (χ2v) is 9.92. The predicted molar refractivity (Wildman–Crippen MR) is 109 cm³/mol. The molecule has 0 atom stereocenters. The van der Waals surface area contributed by atoms with Crippen molar-refractivity contribution in [2.45, 2.75) is 43.5 Å². The van der Waals surface area contributed by atoms with Gasteiger partial charge in [0, 0.05) is 36.9 Å². The van der Waals surface area contributed by atoms with Crippen molar-refractivity contribution in [3.8, 4) is 0 Å². The summed E-state index contributed by atoms with van der Waals surface area (Å²) >= 11 is 1.45. The number of likely N-dealkylation sites (tertiary alicyclic amines) is 1. The number of thiophene rings is 1. The Morgan fingerprint density at radius 2 is 1.75 bits per heavy atom. The molecule has 1 saturated heterocycles. The van der Waals surface area contributed by atoms with Gasteiger partial charge in [0.2, 0.25) is 15.9 Å². The minimum Gasteiger partial charge on any atom is -0.343 e. The van der Waals surface area contributed by atoms with Gasteiger partial charge in [-0.3, -0.25) is 9.59 Å². The Kier molecular flexibility index (Phi) is 6.64. The van der Waals surface area contributed by atoms with E-state index in [1.807, 2.05) is 13.0 Å². The van der Waals surface area contributed by atoms with Crippen LogP contribution in [-0.4, -0.2) is 44.1 Å². The molecule has 3 rings (SSSR count). The first-order valence-corrected chi connectivity index (χ1v) is 11.6. The third kappa shape index (κ3) is 5.27. The van der Waals surface area contributed by atoms with E-state index in [-0.39, 0.29) is 35.5 Å². The summed E-state index contributed by atoms with van der Waals surface area (Å²) in [5.74, 6) is -0.0528. The molecule has 1 aliphatic rings. The molecule has 1 aromatic heterocycles. The number of aryl methyl sites for hydroxylation is 1. The van der Waals surface area contributed by atoms with E-state index in [4.69, 9.17) is 0 Å². The molecule has 0 spiro atoms. The number of hydrogen-bond donors (Lipinski definition) is 1. The average Bonchev–Trinajstić information content (AvgIpc) is 3.13. The first-order valence-electron chi connectivity index (χ1n) is 9.30. The van der Waals surface area contributed by atoms with Crippen LogP contribution in [0.25, 0.3) is 0 Å². The van der Waals surface area contributed by atoms with E-state index in [9.17, 15) is 18.0 Å². The summed E-state index contributed by atoms with van der Waals surface area (Å²) in [6.45, 7) is 2.93. The van der Waals surface area contributed by atoms with Gasteiger partial charge in [-0.25, -0.2) is 13.1 Å². The standard InChI is InChI=1S/C20H24N2O4S2/c1-15-7-9-19(27-15)18(23)8-10-20(24)22-13-11-16(12-14-22)21-28(25,26)17-5-3-2-4-6-17/h2-7,9,16,21H,8,10-14H2,1H3. The Labute approximate surface area is 169 Å². The molecular weight excluding hydrogens is 396 g/mol. The summed E-state index contributed by atoms with van der Waals surface area (Å²) in [5.41, 5.74) is 0. The molecule has 0 bridgehead atoms. The van der Waals surface area contributed by atoms with Crippen LogP contribution in [0, 0.1) is 6.92 Å². The molecule has 150 valence electrons. The highest BCUT2D eigenvalue weighted by atomic mass is 32.2. The number of amides is 1. The summed E-state index contributed by atoms with van der Waals surface area (Å²) in [6, 6.07) is 11.8. The van der Waals surface area contributed by atoms with E-state index < -0.39 is 10.0 Å². The van der Waals surface area contributed by atoms with Gasteiger partial charge in [-0.1, -0.05) is 18.2 Å². The van der Waals surface area contributed by atoms with Gasteiger partial charge >= 0.3 is 0 Å². The minimum absolute atomic E-state index is 0.00282. The lowest BCUT2D eigenvalue weighted by Gasteiger charge is -2.32. The van der Waals surface area contributed by atoms with Crippen molar-refractivity contribution >= 4 is 33.1 Å². The molecule has 1 fully saturated rings. The number of hydrogen-bond acceptors (Lipinski definition) is 5. The maximum atomic E-state index is 12.4. The zero-order valence-electron chi connectivity index (χ0n) is 15.8. The van der Waals surface area contributed by atoms with Crippen LogP contribution in [0.15, 0.2) is 47.4 Å². The zero-order valence-corrected chi connectivity index (χ0v) is 17.4. The quantitative estimate of drug-likeness (QED) is 0.698. The monoisotopic (exact) mass is 420 g/mol. The van der Waals surface area contributed by atoms with E-state index in [0.29, 0.717) is 30.8 Å². The molecule has 0 unspecified atom stereocenters. The smallest absolute Gasteiger partial charge is 0.240 e.